The molecule has 6 nitrogen and oxygen atoms in total. The summed E-state index contributed by atoms with van der Waals surface area (Å²) in [5.74, 6) is -1.67. The lowest BCUT2D eigenvalue weighted by Crippen LogP contribution is -2.55. The standard InChI is InChI=1S/C28H22ClN3O3/c29-17-12-13-21-19(15-17)28(26(35)31-21)24(23(33)16-7-2-1-3-8-16)27(22-11-6-14-32(22)28)18-9-4-5-10-20(18)30-25(27)34/h1-5,7-10,12-13,15,22,24H,6,11,14H2,(H,30,34)(H,31,35)/t22-,24-,27+,28-/m0/s1. The van der Waals surface area contributed by atoms with E-state index in [4.69, 9.17) is 11.6 Å². The van der Waals surface area contributed by atoms with Gasteiger partial charge in [0.2, 0.25) is 11.8 Å². The topological polar surface area (TPSA) is 78.5 Å². The largest absolute Gasteiger partial charge is 0.325 e. The van der Waals surface area contributed by atoms with Crippen molar-refractivity contribution in [3.8, 4) is 0 Å². The minimum absolute atomic E-state index is 0.213. The number of anilines is 2. The van der Waals surface area contributed by atoms with Crippen LogP contribution in [-0.4, -0.2) is 35.1 Å². The van der Waals surface area contributed by atoms with Gasteiger partial charge in [0.1, 0.15) is 11.0 Å². The lowest BCUT2D eigenvalue weighted by atomic mass is 9.60. The number of rotatable bonds is 2. The van der Waals surface area contributed by atoms with Gasteiger partial charge in [0.25, 0.3) is 0 Å². The fraction of sp³-hybridized carbons (Fsp3) is 0.250. The monoisotopic (exact) mass is 483 g/mol. The van der Waals surface area contributed by atoms with Crippen molar-refractivity contribution in [1.29, 1.82) is 0 Å². The Balaban J connectivity index is 1.60. The summed E-state index contributed by atoms with van der Waals surface area (Å²) in [4.78, 5) is 45.0. The number of ketones is 1. The van der Waals surface area contributed by atoms with Crippen LogP contribution in [0.2, 0.25) is 5.02 Å². The smallest absolute Gasteiger partial charge is 0.250 e. The van der Waals surface area contributed by atoms with Gasteiger partial charge < -0.3 is 10.6 Å². The Hall–Kier alpha value is -3.48. The van der Waals surface area contributed by atoms with Crippen LogP contribution in [-0.2, 0) is 20.5 Å². The van der Waals surface area contributed by atoms with Gasteiger partial charge in [-0.05, 0) is 49.2 Å². The average Bonchev–Trinajstić information content (AvgIpc) is 3.59. The molecule has 0 aliphatic carbocycles. The Morgan fingerprint density at radius 2 is 1.60 bits per heavy atom. The lowest BCUT2D eigenvalue weighted by molar-refractivity contribution is -0.128. The van der Waals surface area contributed by atoms with Gasteiger partial charge in [-0.15, -0.1) is 0 Å². The fourth-order valence-electron chi connectivity index (χ4n) is 7.29. The summed E-state index contributed by atoms with van der Waals surface area (Å²) in [6.07, 6.45) is 1.55. The second kappa shape index (κ2) is 7.03. The molecule has 7 rings (SSSR count). The second-order valence-electron chi connectivity index (χ2n) is 9.79. The van der Waals surface area contributed by atoms with Crippen molar-refractivity contribution in [2.75, 3.05) is 17.2 Å². The van der Waals surface area contributed by atoms with E-state index in [1.54, 1.807) is 30.3 Å². The highest BCUT2D eigenvalue weighted by Crippen LogP contribution is 2.66. The molecular weight excluding hydrogens is 462 g/mol. The molecule has 0 unspecified atom stereocenters. The lowest BCUT2D eigenvalue weighted by Gasteiger charge is -2.38. The van der Waals surface area contributed by atoms with E-state index in [9.17, 15) is 14.4 Å². The van der Waals surface area contributed by atoms with E-state index in [-0.39, 0.29) is 23.6 Å². The fourth-order valence-corrected chi connectivity index (χ4v) is 7.46. The van der Waals surface area contributed by atoms with Gasteiger partial charge in [-0.3, -0.25) is 19.3 Å². The normalized spacial score (nSPS) is 30.3. The van der Waals surface area contributed by atoms with Crippen molar-refractivity contribution in [3.63, 3.8) is 0 Å². The van der Waals surface area contributed by atoms with Gasteiger partial charge in [0.15, 0.2) is 5.78 Å². The van der Waals surface area contributed by atoms with Crippen molar-refractivity contribution >= 4 is 40.6 Å². The molecule has 0 aromatic heterocycles. The maximum Gasteiger partial charge on any atom is 0.250 e. The molecule has 2 spiro atoms. The third kappa shape index (κ3) is 2.36. The van der Waals surface area contributed by atoms with E-state index >= 15 is 0 Å². The van der Waals surface area contributed by atoms with Gasteiger partial charge in [-0.1, -0.05) is 60.1 Å². The number of nitrogens with one attached hydrogen (secondary N) is 2. The molecule has 2 amide bonds. The SMILES string of the molecule is O=C(c1ccccc1)[C@H]1[C@]2(C(=O)Nc3ccccc32)[C@@H]2CCCN2[C@]12C(=O)Nc1ccc(Cl)cc12. The zero-order valence-electron chi connectivity index (χ0n) is 18.8. The molecule has 0 bridgehead atoms. The highest BCUT2D eigenvalue weighted by atomic mass is 35.5. The molecule has 0 radical (unpaired) electrons. The molecule has 2 N–H and O–H groups in total. The van der Waals surface area contributed by atoms with E-state index in [0.29, 0.717) is 40.5 Å². The van der Waals surface area contributed by atoms with Crippen LogP contribution in [0.3, 0.4) is 0 Å². The van der Waals surface area contributed by atoms with E-state index < -0.39 is 16.9 Å². The highest BCUT2D eigenvalue weighted by molar-refractivity contribution is 6.31. The number of halogens is 1. The van der Waals surface area contributed by atoms with E-state index in [0.717, 1.165) is 12.0 Å². The molecule has 2 saturated heterocycles. The maximum atomic E-state index is 14.6. The summed E-state index contributed by atoms with van der Waals surface area (Å²) < 4.78 is 0. The van der Waals surface area contributed by atoms with Crippen LogP contribution in [0.25, 0.3) is 0 Å². The van der Waals surface area contributed by atoms with Crippen LogP contribution in [0.5, 0.6) is 0 Å². The van der Waals surface area contributed by atoms with E-state index in [2.05, 4.69) is 15.5 Å². The number of nitrogens with zero attached hydrogens (tertiary/aromatic N) is 1. The van der Waals surface area contributed by atoms with Crippen molar-refractivity contribution in [2.45, 2.75) is 29.8 Å². The van der Waals surface area contributed by atoms with Crippen molar-refractivity contribution in [1.82, 2.24) is 4.90 Å². The Morgan fingerprint density at radius 3 is 2.43 bits per heavy atom. The first-order valence-electron chi connectivity index (χ1n) is 11.9. The molecule has 174 valence electrons. The molecule has 4 aliphatic rings. The van der Waals surface area contributed by atoms with E-state index in [1.807, 2.05) is 42.5 Å². The van der Waals surface area contributed by atoms with Crippen LogP contribution in [0.15, 0.2) is 72.8 Å². The minimum Gasteiger partial charge on any atom is -0.325 e. The zero-order valence-corrected chi connectivity index (χ0v) is 19.5. The summed E-state index contributed by atoms with van der Waals surface area (Å²) >= 11 is 6.46. The summed E-state index contributed by atoms with van der Waals surface area (Å²) in [5.41, 5.74) is 0.737. The van der Waals surface area contributed by atoms with Crippen LogP contribution < -0.4 is 10.6 Å². The number of benzene rings is 3. The molecule has 7 heteroatoms. The van der Waals surface area contributed by atoms with Gasteiger partial charge in [-0.2, -0.15) is 0 Å². The van der Waals surface area contributed by atoms with Crippen molar-refractivity contribution < 1.29 is 14.4 Å². The summed E-state index contributed by atoms with van der Waals surface area (Å²) in [7, 11) is 0. The third-order valence-corrected chi connectivity index (χ3v) is 8.64. The number of fused-ring (bicyclic) bond motifs is 7. The zero-order chi connectivity index (χ0) is 23.9. The predicted octanol–water partition coefficient (Wildman–Crippen LogP) is 4.35. The van der Waals surface area contributed by atoms with Crippen LogP contribution in [0.4, 0.5) is 11.4 Å². The second-order valence-corrected chi connectivity index (χ2v) is 10.2. The first-order valence-corrected chi connectivity index (χ1v) is 12.3. The maximum absolute atomic E-state index is 14.6. The number of carbonyl (C=O) groups is 3. The Labute approximate surface area is 207 Å². The molecular formula is C28H22ClN3O3. The number of hydrogen-bond donors (Lipinski definition) is 2. The minimum atomic E-state index is -1.34. The number of amides is 2. The summed E-state index contributed by atoms with van der Waals surface area (Å²) in [6, 6.07) is 21.6. The quantitative estimate of drug-likeness (QED) is 0.531. The molecule has 2 fully saturated rings. The summed E-state index contributed by atoms with van der Waals surface area (Å²) in [6.45, 7) is 0.611. The van der Waals surface area contributed by atoms with E-state index in [1.165, 1.54) is 0 Å². The molecule has 4 atom stereocenters. The predicted molar refractivity (Wildman–Crippen MR) is 132 cm³/mol. The number of para-hydroxylation sites is 1. The average molecular weight is 484 g/mol. The Bertz CT molecular complexity index is 1440. The van der Waals surface area contributed by atoms with Crippen LogP contribution in [0, 0.1) is 5.92 Å². The van der Waals surface area contributed by atoms with Crippen LogP contribution >= 0.6 is 11.6 Å². The number of Topliss-reactive ketones (excluding diaryl/α,β-unsaturated/α-hetero) is 1. The Morgan fingerprint density at radius 1 is 0.886 bits per heavy atom. The van der Waals surface area contributed by atoms with Gasteiger partial charge in [-0.25, -0.2) is 0 Å². The number of hydrogen-bond acceptors (Lipinski definition) is 4. The van der Waals surface area contributed by atoms with Gasteiger partial charge in [0.05, 0.1) is 5.92 Å². The molecule has 3 aromatic rings. The Kier molecular flexibility index (Phi) is 4.19. The van der Waals surface area contributed by atoms with Crippen molar-refractivity contribution in [2.24, 2.45) is 5.92 Å². The first-order chi connectivity index (χ1) is 17.0. The molecule has 4 aliphatic heterocycles. The van der Waals surface area contributed by atoms with Crippen LogP contribution in [0.1, 0.15) is 34.3 Å². The molecule has 35 heavy (non-hydrogen) atoms. The highest BCUT2D eigenvalue weighted by Gasteiger charge is 2.78. The van der Waals surface area contributed by atoms with Gasteiger partial charge in [0, 0.05) is 33.6 Å². The van der Waals surface area contributed by atoms with Crippen molar-refractivity contribution in [3.05, 3.63) is 94.5 Å². The first kappa shape index (κ1) is 20.9. The van der Waals surface area contributed by atoms with Gasteiger partial charge >= 0.3 is 0 Å². The summed E-state index contributed by atoms with van der Waals surface area (Å²) in [5, 5.41) is 6.57. The molecule has 4 heterocycles. The third-order valence-electron chi connectivity index (χ3n) is 8.41. The molecule has 0 saturated carbocycles. The molecule has 3 aromatic carbocycles. The number of carbonyl (C=O) groups excluding carboxylic acids is 3.